The van der Waals surface area contributed by atoms with Gasteiger partial charge < -0.3 is 10.1 Å². The number of nitrogens with zero attached hydrogens (tertiary/aromatic N) is 1. The zero-order chi connectivity index (χ0) is 14.5. The van der Waals surface area contributed by atoms with Crippen LogP contribution in [0.25, 0.3) is 0 Å². The third-order valence-corrected chi connectivity index (χ3v) is 3.03. The molecule has 2 rings (SSSR count). The molecule has 1 N–H and O–H groups in total. The average Bonchev–Trinajstić information content (AvgIpc) is 2.46. The highest BCUT2D eigenvalue weighted by Gasteiger charge is 2.18. The SMILES string of the molecule is CCNC(c1ccc(OC)c(F)c1)c1ccncc1F. The van der Waals surface area contributed by atoms with Crippen LogP contribution in [0.3, 0.4) is 0 Å². The lowest BCUT2D eigenvalue weighted by atomic mass is 9.99. The van der Waals surface area contributed by atoms with E-state index < -0.39 is 17.7 Å². The van der Waals surface area contributed by atoms with Crippen LogP contribution in [0, 0.1) is 11.6 Å². The van der Waals surface area contributed by atoms with Gasteiger partial charge in [-0.25, -0.2) is 8.78 Å². The molecule has 0 saturated carbocycles. The summed E-state index contributed by atoms with van der Waals surface area (Å²) in [5.74, 6) is -0.726. The molecule has 0 aliphatic carbocycles. The van der Waals surface area contributed by atoms with E-state index in [0.717, 1.165) is 6.20 Å². The van der Waals surface area contributed by atoms with E-state index >= 15 is 0 Å². The average molecular weight is 278 g/mol. The van der Waals surface area contributed by atoms with Crippen LogP contribution in [0.1, 0.15) is 24.1 Å². The standard InChI is InChI=1S/C15H16F2N2O/c1-3-19-15(11-6-7-18-9-13(11)17)10-4-5-14(20-2)12(16)8-10/h4-9,15,19H,3H2,1-2H3. The third-order valence-electron chi connectivity index (χ3n) is 3.03. The van der Waals surface area contributed by atoms with Gasteiger partial charge in [-0.2, -0.15) is 0 Å². The zero-order valence-corrected chi connectivity index (χ0v) is 11.4. The van der Waals surface area contributed by atoms with Crippen LogP contribution >= 0.6 is 0 Å². The van der Waals surface area contributed by atoms with Gasteiger partial charge in [-0.15, -0.1) is 0 Å². The van der Waals surface area contributed by atoms with E-state index in [0.29, 0.717) is 17.7 Å². The Balaban J connectivity index is 2.43. The maximum atomic E-state index is 13.9. The van der Waals surface area contributed by atoms with Gasteiger partial charge in [0.15, 0.2) is 11.6 Å². The molecule has 5 heteroatoms. The van der Waals surface area contributed by atoms with Crippen molar-refractivity contribution in [2.24, 2.45) is 0 Å². The maximum Gasteiger partial charge on any atom is 0.165 e. The molecule has 1 unspecified atom stereocenters. The molecule has 0 spiro atoms. The molecule has 0 amide bonds. The van der Waals surface area contributed by atoms with Crippen molar-refractivity contribution in [3.63, 3.8) is 0 Å². The summed E-state index contributed by atoms with van der Waals surface area (Å²) in [5, 5.41) is 3.15. The number of rotatable bonds is 5. The minimum Gasteiger partial charge on any atom is -0.494 e. The van der Waals surface area contributed by atoms with E-state index in [-0.39, 0.29) is 5.75 Å². The van der Waals surface area contributed by atoms with Crippen molar-refractivity contribution < 1.29 is 13.5 Å². The molecular weight excluding hydrogens is 262 g/mol. The molecule has 0 bridgehead atoms. The first-order valence-electron chi connectivity index (χ1n) is 6.33. The van der Waals surface area contributed by atoms with E-state index in [9.17, 15) is 8.78 Å². The Labute approximate surface area is 116 Å². The predicted octanol–water partition coefficient (Wildman–Crippen LogP) is 3.07. The molecule has 20 heavy (non-hydrogen) atoms. The molecule has 0 fully saturated rings. The lowest BCUT2D eigenvalue weighted by Gasteiger charge is -2.19. The fourth-order valence-electron chi connectivity index (χ4n) is 2.09. The van der Waals surface area contributed by atoms with Crippen molar-refractivity contribution in [2.45, 2.75) is 13.0 Å². The number of ether oxygens (including phenoxy) is 1. The molecule has 0 aliphatic rings. The second kappa shape index (κ2) is 6.43. The van der Waals surface area contributed by atoms with Crippen molar-refractivity contribution in [1.29, 1.82) is 0 Å². The van der Waals surface area contributed by atoms with Gasteiger partial charge >= 0.3 is 0 Å². The number of nitrogens with one attached hydrogen (secondary N) is 1. The van der Waals surface area contributed by atoms with Gasteiger partial charge in [0.05, 0.1) is 19.3 Å². The first-order valence-corrected chi connectivity index (χ1v) is 6.33. The van der Waals surface area contributed by atoms with Gasteiger partial charge in [0, 0.05) is 11.8 Å². The van der Waals surface area contributed by atoms with E-state index in [4.69, 9.17) is 4.74 Å². The second-order valence-electron chi connectivity index (χ2n) is 4.28. The first kappa shape index (κ1) is 14.4. The van der Waals surface area contributed by atoms with Crippen LogP contribution in [0.5, 0.6) is 5.75 Å². The summed E-state index contributed by atoms with van der Waals surface area (Å²) in [5.41, 5.74) is 1.07. The molecular formula is C15H16F2N2O. The number of pyridine rings is 1. The van der Waals surface area contributed by atoms with Gasteiger partial charge in [-0.3, -0.25) is 4.98 Å². The fourth-order valence-corrected chi connectivity index (χ4v) is 2.09. The van der Waals surface area contributed by atoms with Gasteiger partial charge in [0.25, 0.3) is 0 Å². The monoisotopic (exact) mass is 278 g/mol. The van der Waals surface area contributed by atoms with Crippen LogP contribution in [-0.4, -0.2) is 18.6 Å². The van der Waals surface area contributed by atoms with Crippen LogP contribution in [0.15, 0.2) is 36.7 Å². The lowest BCUT2D eigenvalue weighted by Crippen LogP contribution is -2.23. The quantitative estimate of drug-likeness (QED) is 0.912. The second-order valence-corrected chi connectivity index (χ2v) is 4.28. The summed E-state index contributed by atoms with van der Waals surface area (Å²) < 4.78 is 32.6. The van der Waals surface area contributed by atoms with Crippen LogP contribution in [0.2, 0.25) is 0 Å². The Hall–Kier alpha value is -2.01. The van der Waals surface area contributed by atoms with Crippen molar-refractivity contribution in [1.82, 2.24) is 10.3 Å². The highest BCUT2D eigenvalue weighted by Crippen LogP contribution is 2.27. The largest absolute Gasteiger partial charge is 0.494 e. The third kappa shape index (κ3) is 2.93. The number of methoxy groups -OCH3 is 1. The number of hydrogen-bond acceptors (Lipinski definition) is 3. The number of benzene rings is 1. The Morgan fingerprint density at radius 1 is 1.25 bits per heavy atom. The molecule has 1 atom stereocenters. The molecule has 3 nitrogen and oxygen atoms in total. The molecule has 1 aromatic heterocycles. The summed E-state index contributed by atoms with van der Waals surface area (Å²) in [6.45, 7) is 2.53. The minimum absolute atomic E-state index is 0.166. The molecule has 0 radical (unpaired) electrons. The smallest absolute Gasteiger partial charge is 0.165 e. The summed E-state index contributed by atoms with van der Waals surface area (Å²) in [7, 11) is 1.41. The van der Waals surface area contributed by atoms with E-state index in [1.807, 2.05) is 6.92 Å². The van der Waals surface area contributed by atoms with Gasteiger partial charge in [-0.05, 0) is 30.3 Å². The lowest BCUT2D eigenvalue weighted by molar-refractivity contribution is 0.385. The minimum atomic E-state index is -0.470. The van der Waals surface area contributed by atoms with Crippen molar-refractivity contribution in [3.8, 4) is 5.75 Å². The van der Waals surface area contributed by atoms with Crippen LogP contribution in [0.4, 0.5) is 8.78 Å². The first-order chi connectivity index (χ1) is 9.67. The summed E-state index contributed by atoms with van der Waals surface area (Å²) >= 11 is 0. The van der Waals surface area contributed by atoms with Crippen molar-refractivity contribution >= 4 is 0 Å². The summed E-state index contributed by atoms with van der Waals surface area (Å²) in [6, 6.07) is 5.77. The summed E-state index contributed by atoms with van der Waals surface area (Å²) in [6.07, 6.45) is 2.67. The van der Waals surface area contributed by atoms with Crippen molar-refractivity contribution in [2.75, 3.05) is 13.7 Å². The maximum absolute atomic E-state index is 13.9. The Morgan fingerprint density at radius 2 is 2.05 bits per heavy atom. The Kier molecular flexibility index (Phi) is 4.63. The molecule has 1 aromatic carbocycles. The highest BCUT2D eigenvalue weighted by molar-refractivity contribution is 5.36. The van der Waals surface area contributed by atoms with Gasteiger partial charge in [-0.1, -0.05) is 13.0 Å². The molecule has 106 valence electrons. The van der Waals surface area contributed by atoms with E-state index in [2.05, 4.69) is 10.3 Å². The normalized spacial score (nSPS) is 12.2. The fraction of sp³-hybridized carbons (Fsp3) is 0.267. The molecule has 0 aliphatic heterocycles. The zero-order valence-electron chi connectivity index (χ0n) is 11.4. The molecule has 1 heterocycles. The van der Waals surface area contributed by atoms with Gasteiger partial charge in [0.1, 0.15) is 5.82 Å². The number of hydrogen-bond donors (Lipinski definition) is 1. The Bertz CT molecular complexity index is 590. The van der Waals surface area contributed by atoms with E-state index in [1.165, 1.54) is 25.4 Å². The summed E-state index contributed by atoms with van der Waals surface area (Å²) in [4.78, 5) is 3.73. The molecule has 0 saturated heterocycles. The molecule has 2 aromatic rings. The van der Waals surface area contributed by atoms with Crippen LogP contribution in [-0.2, 0) is 0 Å². The highest BCUT2D eigenvalue weighted by atomic mass is 19.1. The predicted molar refractivity (Wildman–Crippen MR) is 72.7 cm³/mol. The number of halogens is 2. The van der Waals surface area contributed by atoms with Crippen molar-refractivity contribution in [3.05, 3.63) is 59.4 Å². The van der Waals surface area contributed by atoms with Crippen LogP contribution < -0.4 is 10.1 Å². The number of aromatic nitrogens is 1. The Morgan fingerprint density at radius 3 is 2.65 bits per heavy atom. The topological polar surface area (TPSA) is 34.1 Å². The van der Waals surface area contributed by atoms with Gasteiger partial charge in [0.2, 0.25) is 0 Å². The van der Waals surface area contributed by atoms with E-state index in [1.54, 1.807) is 12.1 Å².